The molecule has 0 saturated carbocycles. The van der Waals surface area contributed by atoms with E-state index in [-0.39, 0.29) is 11.4 Å². The van der Waals surface area contributed by atoms with Crippen molar-refractivity contribution < 1.29 is 4.39 Å². The zero-order valence-electron chi connectivity index (χ0n) is 16.4. The van der Waals surface area contributed by atoms with Crippen LogP contribution < -0.4 is 10.5 Å². The number of benzene rings is 1. The van der Waals surface area contributed by atoms with Crippen LogP contribution in [0.3, 0.4) is 0 Å². The maximum atomic E-state index is 13.4. The molecule has 0 N–H and O–H groups in total. The zero-order valence-corrected chi connectivity index (χ0v) is 17.2. The summed E-state index contributed by atoms with van der Waals surface area (Å²) in [6, 6.07) is 4.16. The van der Waals surface area contributed by atoms with Crippen LogP contribution in [0.4, 0.5) is 9.52 Å². The zero-order chi connectivity index (χ0) is 19.8. The van der Waals surface area contributed by atoms with Crippen LogP contribution in [-0.2, 0) is 6.54 Å². The Kier molecular flexibility index (Phi) is 5.14. The van der Waals surface area contributed by atoms with Crippen LogP contribution in [0.2, 0.25) is 0 Å². The molecule has 0 unspecified atom stereocenters. The van der Waals surface area contributed by atoms with Crippen molar-refractivity contribution in [2.45, 2.75) is 46.1 Å². The van der Waals surface area contributed by atoms with Crippen LogP contribution >= 0.6 is 11.5 Å². The normalized spacial score (nSPS) is 15.7. The minimum absolute atomic E-state index is 0.0874. The molecule has 148 valence electrons. The fourth-order valence-corrected chi connectivity index (χ4v) is 4.53. The van der Waals surface area contributed by atoms with E-state index in [9.17, 15) is 9.18 Å². The lowest BCUT2D eigenvalue weighted by molar-refractivity contribution is 0.348. The SMILES string of the molecule is Cc1nc2cc(F)ccc2c(=O)n1CC1CCN(c2nc(C(C)C)ns2)CC1. The van der Waals surface area contributed by atoms with Gasteiger partial charge in [0.1, 0.15) is 17.5 Å². The number of rotatable bonds is 4. The Morgan fingerprint density at radius 1 is 1.25 bits per heavy atom. The number of aryl methyl sites for hydroxylation is 1. The van der Waals surface area contributed by atoms with Gasteiger partial charge < -0.3 is 4.90 Å². The van der Waals surface area contributed by atoms with E-state index in [1.807, 2.05) is 6.92 Å². The number of piperidine rings is 1. The standard InChI is InChI=1S/C20H24FN5OS/c1-12(2)18-23-20(28-24-18)25-8-6-14(7-9-25)11-26-13(3)22-17-10-15(21)4-5-16(17)19(26)27/h4-5,10,12,14H,6-9,11H2,1-3H3. The van der Waals surface area contributed by atoms with Gasteiger partial charge in [0.05, 0.1) is 10.9 Å². The van der Waals surface area contributed by atoms with Crippen molar-refractivity contribution in [3.05, 3.63) is 46.0 Å². The molecular weight excluding hydrogens is 377 g/mol. The van der Waals surface area contributed by atoms with Crippen molar-refractivity contribution in [2.75, 3.05) is 18.0 Å². The third-order valence-electron chi connectivity index (χ3n) is 5.38. The summed E-state index contributed by atoms with van der Waals surface area (Å²) in [5.41, 5.74) is 0.335. The molecule has 1 aliphatic rings. The number of hydrogen-bond acceptors (Lipinski definition) is 6. The summed E-state index contributed by atoms with van der Waals surface area (Å²) >= 11 is 1.47. The summed E-state index contributed by atoms with van der Waals surface area (Å²) in [5.74, 6) is 1.91. The van der Waals surface area contributed by atoms with E-state index in [1.54, 1.807) is 4.57 Å². The van der Waals surface area contributed by atoms with Crippen molar-refractivity contribution in [1.29, 1.82) is 0 Å². The molecule has 0 bridgehead atoms. The summed E-state index contributed by atoms with van der Waals surface area (Å²) in [7, 11) is 0. The van der Waals surface area contributed by atoms with Crippen molar-refractivity contribution >= 4 is 27.6 Å². The average molecular weight is 402 g/mol. The maximum Gasteiger partial charge on any atom is 0.261 e. The Morgan fingerprint density at radius 2 is 2.00 bits per heavy atom. The molecule has 2 aromatic heterocycles. The molecule has 1 saturated heterocycles. The van der Waals surface area contributed by atoms with Crippen LogP contribution in [0, 0.1) is 18.7 Å². The minimum atomic E-state index is -0.374. The molecule has 6 nitrogen and oxygen atoms in total. The molecule has 0 atom stereocenters. The molecule has 8 heteroatoms. The predicted octanol–water partition coefficient (Wildman–Crippen LogP) is 3.74. The van der Waals surface area contributed by atoms with Gasteiger partial charge >= 0.3 is 0 Å². The Hall–Kier alpha value is -2.35. The fraction of sp³-hybridized carbons (Fsp3) is 0.500. The number of nitrogens with zero attached hydrogens (tertiary/aromatic N) is 5. The average Bonchev–Trinajstić information content (AvgIpc) is 3.16. The lowest BCUT2D eigenvalue weighted by Crippen LogP contribution is -2.37. The third kappa shape index (κ3) is 3.65. The van der Waals surface area contributed by atoms with E-state index in [4.69, 9.17) is 0 Å². The van der Waals surface area contributed by atoms with E-state index in [1.165, 1.54) is 29.7 Å². The van der Waals surface area contributed by atoms with E-state index >= 15 is 0 Å². The number of fused-ring (bicyclic) bond motifs is 1. The van der Waals surface area contributed by atoms with Crippen molar-refractivity contribution in [2.24, 2.45) is 5.92 Å². The van der Waals surface area contributed by atoms with Gasteiger partial charge in [0, 0.05) is 43.2 Å². The van der Waals surface area contributed by atoms with Crippen LogP contribution in [0.5, 0.6) is 0 Å². The monoisotopic (exact) mass is 401 g/mol. The highest BCUT2D eigenvalue weighted by Crippen LogP contribution is 2.27. The highest BCUT2D eigenvalue weighted by atomic mass is 32.1. The van der Waals surface area contributed by atoms with Gasteiger partial charge in [-0.2, -0.15) is 4.37 Å². The Morgan fingerprint density at radius 3 is 2.68 bits per heavy atom. The minimum Gasteiger partial charge on any atom is -0.347 e. The smallest absolute Gasteiger partial charge is 0.261 e. The van der Waals surface area contributed by atoms with Gasteiger partial charge in [0.2, 0.25) is 5.13 Å². The molecule has 0 aliphatic carbocycles. The predicted molar refractivity (Wildman–Crippen MR) is 110 cm³/mol. The number of hydrogen-bond donors (Lipinski definition) is 0. The Bertz CT molecular complexity index is 1050. The molecule has 1 fully saturated rings. The lowest BCUT2D eigenvalue weighted by Gasteiger charge is -2.32. The molecule has 0 radical (unpaired) electrons. The Balaban J connectivity index is 1.47. The Labute approximate surface area is 167 Å². The summed E-state index contributed by atoms with van der Waals surface area (Å²) in [4.78, 5) is 24.2. The number of anilines is 1. The van der Waals surface area contributed by atoms with Crippen LogP contribution in [-0.4, -0.2) is 32.0 Å². The molecule has 0 spiro atoms. The second-order valence-corrected chi connectivity index (χ2v) is 8.49. The second kappa shape index (κ2) is 7.58. The summed E-state index contributed by atoms with van der Waals surface area (Å²) in [6.07, 6.45) is 1.98. The molecule has 1 aromatic carbocycles. The highest BCUT2D eigenvalue weighted by Gasteiger charge is 2.23. The van der Waals surface area contributed by atoms with E-state index in [2.05, 4.69) is 33.1 Å². The second-order valence-electron chi connectivity index (χ2n) is 7.76. The van der Waals surface area contributed by atoms with Crippen LogP contribution in [0.15, 0.2) is 23.0 Å². The van der Waals surface area contributed by atoms with Gasteiger partial charge in [0.15, 0.2) is 0 Å². The third-order valence-corrected chi connectivity index (χ3v) is 6.17. The highest BCUT2D eigenvalue weighted by molar-refractivity contribution is 7.09. The van der Waals surface area contributed by atoms with Crippen molar-refractivity contribution in [1.82, 2.24) is 18.9 Å². The lowest BCUT2D eigenvalue weighted by atomic mass is 9.97. The fourth-order valence-electron chi connectivity index (χ4n) is 3.67. The van der Waals surface area contributed by atoms with Gasteiger partial charge in [-0.05, 0) is 37.8 Å². The van der Waals surface area contributed by atoms with Crippen LogP contribution in [0.25, 0.3) is 10.9 Å². The topological polar surface area (TPSA) is 63.9 Å². The molecule has 28 heavy (non-hydrogen) atoms. The molecule has 3 heterocycles. The number of aromatic nitrogens is 4. The molecule has 1 aliphatic heterocycles. The maximum absolute atomic E-state index is 13.4. The molecule has 0 amide bonds. The number of halogens is 1. The first-order chi connectivity index (χ1) is 13.4. The first kappa shape index (κ1) is 19.0. The first-order valence-electron chi connectivity index (χ1n) is 9.67. The molecule has 3 aromatic rings. The van der Waals surface area contributed by atoms with Gasteiger partial charge in [-0.1, -0.05) is 13.8 Å². The van der Waals surface area contributed by atoms with Crippen LogP contribution in [0.1, 0.15) is 44.3 Å². The van der Waals surface area contributed by atoms with E-state index < -0.39 is 0 Å². The van der Waals surface area contributed by atoms with E-state index in [0.29, 0.717) is 35.1 Å². The summed E-state index contributed by atoms with van der Waals surface area (Å²) in [5, 5.41) is 1.46. The van der Waals surface area contributed by atoms with Gasteiger partial charge in [-0.25, -0.2) is 14.4 Å². The summed E-state index contributed by atoms with van der Waals surface area (Å²) < 4.78 is 19.6. The van der Waals surface area contributed by atoms with Gasteiger partial charge in [-0.3, -0.25) is 9.36 Å². The van der Waals surface area contributed by atoms with E-state index in [0.717, 1.165) is 36.9 Å². The van der Waals surface area contributed by atoms with Gasteiger partial charge in [-0.15, -0.1) is 0 Å². The first-order valence-corrected chi connectivity index (χ1v) is 10.4. The molecule has 4 rings (SSSR count). The van der Waals surface area contributed by atoms with Crippen molar-refractivity contribution in [3.63, 3.8) is 0 Å². The van der Waals surface area contributed by atoms with Gasteiger partial charge in [0.25, 0.3) is 5.56 Å². The quantitative estimate of drug-likeness (QED) is 0.666. The molecular formula is C20H24FN5OS. The summed E-state index contributed by atoms with van der Waals surface area (Å²) in [6.45, 7) is 8.49. The largest absolute Gasteiger partial charge is 0.347 e. The van der Waals surface area contributed by atoms with Crippen molar-refractivity contribution in [3.8, 4) is 0 Å².